The first-order chi connectivity index (χ1) is 6.77. The first-order valence-electron chi connectivity index (χ1n) is 3.95. The molecule has 0 unspecified atom stereocenters. The van der Waals surface area contributed by atoms with Gasteiger partial charge in [0, 0.05) is 6.42 Å². The molecule has 0 aromatic rings. The quantitative estimate of drug-likeness (QED) is 0.278. The van der Waals surface area contributed by atoms with Crippen molar-refractivity contribution in [1.29, 1.82) is 0 Å². The molecule has 15 heavy (non-hydrogen) atoms. The molecule has 0 aliphatic carbocycles. The molecule has 0 bridgehead atoms. The van der Waals surface area contributed by atoms with Crippen molar-refractivity contribution in [3.8, 4) is 0 Å². The highest BCUT2D eigenvalue weighted by molar-refractivity contribution is 5.73. The SMILES string of the molecule is O=C(O)[C@@H](O)[C@@H](O)[C@H](O)C[C@H](O)C(=O)O. The van der Waals surface area contributed by atoms with Crippen LogP contribution in [0.2, 0.25) is 0 Å². The predicted molar refractivity (Wildman–Crippen MR) is 43.9 cm³/mol. The molecule has 88 valence electrons. The van der Waals surface area contributed by atoms with Crippen LogP contribution in [0.3, 0.4) is 0 Å². The second-order valence-corrected chi connectivity index (χ2v) is 2.93. The lowest BCUT2D eigenvalue weighted by Crippen LogP contribution is -2.44. The van der Waals surface area contributed by atoms with Crippen molar-refractivity contribution >= 4 is 11.9 Å². The topological polar surface area (TPSA) is 156 Å². The molecular weight excluding hydrogens is 212 g/mol. The molecular formula is C7H12O8. The van der Waals surface area contributed by atoms with Gasteiger partial charge in [0.15, 0.2) is 12.2 Å². The Labute approximate surface area is 84.0 Å². The number of aliphatic hydroxyl groups is 4. The first kappa shape index (κ1) is 13.8. The Morgan fingerprint density at radius 1 is 0.933 bits per heavy atom. The van der Waals surface area contributed by atoms with E-state index in [0.29, 0.717) is 0 Å². The van der Waals surface area contributed by atoms with Gasteiger partial charge < -0.3 is 30.6 Å². The molecule has 0 fully saturated rings. The third-order valence-electron chi connectivity index (χ3n) is 1.72. The highest BCUT2D eigenvalue weighted by Crippen LogP contribution is 2.07. The number of carboxylic acid groups (broad SMARTS) is 2. The molecule has 8 nitrogen and oxygen atoms in total. The monoisotopic (exact) mass is 224 g/mol. The zero-order valence-corrected chi connectivity index (χ0v) is 7.52. The largest absolute Gasteiger partial charge is 0.479 e. The van der Waals surface area contributed by atoms with E-state index in [2.05, 4.69) is 0 Å². The number of aliphatic hydroxyl groups excluding tert-OH is 4. The average molecular weight is 224 g/mol. The van der Waals surface area contributed by atoms with Gasteiger partial charge in [-0.2, -0.15) is 0 Å². The minimum atomic E-state index is -2.24. The van der Waals surface area contributed by atoms with Crippen LogP contribution >= 0.6 is 0 Å². The van der Waals surface area contributed by atoms with Gasteiger partial charge in [0.2, 0.25) is 0 Å². The maximum Gasteiger partial charge on any atom is 0.335 e. The number of carboxylic acids is 2. The summed E-state index contributed by atoms with van der Waals surface area (Å²) in [6, 6.07) is 0. The summed E-state index contributed by atoms with van der Waals surface area (Å²) in [5.41, 5.74) is 0. The molecule has 0 aliphatic rings. The van der Waals surface area contributed by atoms with E-state index in [9.17, 15) is 9.59 Å². The van der Waals surface area contributed by atoms with Gasteiger partial charge in [-0.15, -0.1) is 0 Å². The zero-order valence-electron chi connectivity index (χ0n) is 7.52. The summed E-state index contributed by atoms with van der Waals surface area (Å²) >= 11 is 0. The molecule has 0 rings (SSSR count). The fourth-order valence-corrected chi connectivity index (χ4v) is 0.825. The van der Waals surface area contributed by atoms with Crippen LogP contribution in [0.4, 0.5) is 0 Å². The molecule has 0 saturated carbocycles. The smallest absolute Gasteiger partial charge is 0.335 e. The van der Waals surface area contributed by atoms with E-state index >= 15 is 0 Å². The van der Waals surface area contributed by atoms with Gasteiger partial charge in [-0.25, -0.2) is 9.59 Å². The van der Waals surface area contributed by atoms with Gasteiger partial charge in [0.25, 0.3) is 0 Å². The number of aliphatic carboxylic acids is 2. The van der Waals surface area contributed by atoms with Crippen LogP contribution in [0.5, 0.6) is 0 Å². The number of hydrogen-bond donors (Lipinski definition) is 6. The molecule has 0 aromatic heterocycles. The van der Waals surface area contributed by atoms with Crippen molar-refractivity contribution < 1.29 is 40.2 Å². The summed E-state index contributed by atoms with van der Waals surface area (Å²) in [5, 5.41) is 52.1. The van der Waals surface area contributed by atoms with Gasteiger partial charge in [-0.05, 0) is 0 Å². The van der Waals surface area contributed by atoms with Crippen LogP contribution < -0.4 is 0 Å². The number of carbonyl (C=O) groups is 2. The van der Waals surface area contributed by atoms with Gasteiger partial charge in [0.05, 0.1) is 6.10 Å². The molecule has 0 aliphatic heterocycles. The van der Waals surface area contributed by atoms with Crippen molar-refractivity contribution in [3.05, 3.63) is 0 Å². The molecule has 0 spiro atoms. The summed E-state index contributed by atoms with van der Waals surface area (Å²) in [6.07, 6.45) is -8.85. The molecule has 4 atom stereocenters. The number of hydrogen-bond acceptors (Lipinski definition) is 6. The first-order valence-corrected chi connectivity index (χ1v) is 3.95. The maximum absolute atomic E-state index is 10.2. The van der Waals surface area contributed by atoms with Crippen molar-refractivity contribution in [1.82, 2.24) is 0 Å². The van der Waals surface area contributed by atoms with Crippen LogP contribution in [0, 0.1) is 0 Å². The van der Waals surface area contributed by atoms with Crippen LogP contribution in [0.15, 0.2) is 0 Å². The normalized spacial score (nSPS) is 18.9. The van der Waals surface area contributed by atoms with Crippen molar-refractivity contribution in [2.45, 2.75) is 30.8 Å². The maximum atomic E-state index is 10.2. The summed E-state index contributed by atoms with van der Waals surface area (Å²) in [4.78, 5) is 20.3. The Kier molecular flexibility index (Phi) is 5.15. The molecule has 8 heteroatoms. The summed E-state index contributed by atoms with van der Waals surface area (Å²) in [5.74, 6) is -3.38. The fourth-order valence-electron chi connectivity index (χ4n) is 0.825. The molecule has 0 radical (unpaired) electrons. The fraction of sp³-hybridized carbons (Fsp3) is 0.714. The van der Waals surface area contributed by atoms with Crippen molar-refractivity contribution in [2.75, 3.05) is 0 Å². The molecule has 0 amide bonds. The van der Waals surface area contributed by atoms with E-state index < -0.39 is 42.8 Å². The van der Waals surface area contributed by atoms with Gasteiger partial charge in [0.1, 0.15) is 6.10 Å². The van der Waals surface area contributed by atoms with Crippen molar-refractivity contribution in [3.63, 3.8) is 0 Å². The lowest BCUT2D eigenvalue weighted by molar-refractivity contribution is -0.160. The van der Waals surface area contributed by atoms with Crippen LogP contribution in [-0.4, -0.2) is 67.0 Å². The third kappa shape index (κ3) is 4.21. The van der Waals surface area contributed by atoms with Crippen molar-refractivity contribution in [2.24, 2.45) is 0 Å². The van der Waals surface area contributed by atoms with E-state index in [1.54, 1.807) is 0 Å². The Morgan fingerprint density at radius 2 is 1.40 bits per heavy atom. The van der Waals surface area contributed by atoms with E-state index in [-0.39, 0.29) is 0 Å². The summed E-state index contributed by atoms with van der Waals surface area (Å²) in [6.45, 7) is 0. The standard InChI is InChI=1S/C7H12O8/c8-2(1-3(9)6(12)13)4(10)5(11)7(14)15/h2-5,8-11H,1H2,(H,12,13)(H,14,15)/t2-,3+,4+,5+/m1/s1. The Bertz CT molecular complexity index is 239. The molecule has 0 heterocycles. The Balaban J connectivity index is 4.26. The van der Waals surface area contributed by atoms with Crippen LogP contribution in [0.1, 0.15) is 6.42 Å². The van der Waals surface area contributed by atoms with Gasteiger partial charge in [-0.3, -0.25) is 0 Å². The second-order valence-electron chi connectivity index (χ2n) is 2.93. The van der Waals surface area contributed by atoms with E-state index in [0.717, 1.165) is 0 Å². The summed E-state index contributed by atoms with van der Waals surface area (Å²) in [7, 11) is 0. The average Bonchev–Trinajstić information content (AvgIpc) is 2.14. The van der Waals surface area contributed by atoms with Crippen LogP contribution in [0.25, 0.3) is 0 Å². The Hall–Kier alpha value is -1.22. The number of rotatable bonds is 6. The van der Waals surface area contributed by atoms with E-state index in [4.69, 9.17) is 30.6 Å². The Morgan fingerprint density at radius 3 is 1.73 bits per heavy atom. The molecule has 0 aromatic carbocycles. The van der Waals surface area contributed by atoms with Gasteiger partial charge in [-0.1, -0.05) is 0 Å². The summed E-state index contributed by atoms with van der Waals surface area (Å²) < 4.78 is 0. The van der Waals surface area contributed by atoms with Crippen LogP contribution in [-0.2, 0) is 9.59 Å². The molecule has 6 N–H and O–H groups in total. The highest BCUT2D eigenvalue weighted by Gasteiger charge is 2.32. The minimum Gasteiger partial charge on any atom is -0.479 e. The lowest BCUT2D eigenvalue weighted by atomic mass is 10.0. The van der Waals surface area contributed by atoms with E-state index in [1.807, 2.05) is 0 Å². The second kappa shape index (κ2) is 5.61. The van der Waals surface area contributed by atoms with E-state index in [1.165, 1.54) is 0 Å². The minimum absolute atomic E-state index is 0.777. The highest BCUT2D eigenvalue weighted by atomic mass is 16.4. The lowest BCUT2D eigenvalue weighted by Gasteiger charge is -2.20. The predicted octanol–water partition coefficient (Wildman–Crippen LogP) is -3.01. The van der Waals surface area contributed by atoms with Gasteiger partial charge >= 0.3 is 11.9 Å². The molecule has 0 saturated heterocycles. The third-order valence-corrected chi connectivity index (χ3v) is 1.72. The zero-order chi connectivity index (χ0) is 12.2.